The van der Waals surface area contributed by atoms with Gasteiger partial charge in [0.15, 0.2) is 0 Å². The van der Waals surface area contributed by atoms with Gasteiger partial charge in [0.1, 0.15) is 23.0 Å². The van der Waals surface area contributed by atoms with Crippen molar-refractivity contribution in [2.45, 2.75) is 38.9 Å². The van der Waals surface area contributed by atoms with Crippen LogP contribution in [0.3, 0.4) is 0 Å². The first-order valence-electron chi connectivity index (χ1n) is 11.7. The molecule has 1 fully saturated rings. The number of rotatable bonds is 5. The topological polar surface area (TPSA) is 144 Å². The molecule has 1 atom stereocenters. The van der Waals surface area contributed by atoms with Crippen LogP contribution in [0.5, 0.6) is 0 Å². The van der Waals surface area contributed by atoms with Gasteiger partial charge in [-0.3, -0.25) is 23.7 Å². The fraction of sp³-hybridized carbons (Fsp3) is 0.400. The zero-order valence-corrected chi connectivity index (χ0v) is 20.5. The molecule has 4 heterocycles. The van der Waals surface area contributed by atoms with Crippen molar-refractivity contribution in [2.75, 3.05) is 25.0 Å². The third-order valence-electron chi connectivity index (χ3n) is 6.46. The van der Waals surface area contributed by atoms with Gasteiger partial charge in [-0.2, -0.15) is 5.26 Å². The van der Waals surface area contributed by atoms with Gasteiger partial charge in [0.05, 0.1) is 29.9 Å². The standard InChI is InChI=1S/C25H28N8O3/c1-4-5-12-32-21-20(19(22(34)28-2)23(32)31-11-7-9-17(27)14-31)30(3)25(36)33(24(21)35)15-18-16(13-26)8-6-10-29-18/h6,8,10,17H,7,9,11-12,14-15,27H2,1-3H3,(H,28,34). The molecule has 0 saturated carbocycles. The molecular formula is C25H28N8O3. The summed E-state index contributed by atoms with van der Waals surface area (Å²) in [6, 6.07) is 5.16. The van der Waals surface area contributed by atoms with Crippen LogP contribution in [0, 0.1) is 23.2 Å². The van der Waals surface area contributed by atoms with Crippen molar-refractivity contribution in [3.8, 4) is 17.9 Å². The summed E-state index contributed by atoms with van der Waals surface area (Å²) >= 11 is 0. The number of pyridine rings is 1. The van der Waals surface area contributed by atoms with Gasteiger partial charge in [-0.1, -0.05) is 5.92 Å². The third-order valence-corrected chi connectivity index (χ3v) is 6.46. The van der Waals surface area contributed by atoms with Gasteiger partial charge in [0.25, 0.3) is 11.5 Å². The monoisotopic (exact) mass is 488 g/mol. The van der Waals surface area contributed by atoms with Crippen molar-refractivity contribution in [1.82, 2.24) is 24.0 Å². The summed E-state index contributed by atoms with van der Waals surface area (Å²) in [4.78, 5) is 46.8. The molecule has 3 aromatic heterocycles. The summed E-state index contributed by atoms with van der Waals surface area (Å²) in [6.45, 7) is 2.80. The van der Waals surface area contributed by atoms with Crippen LogP contribution >= 0.6 is 0 Å². The molecule has 1 saturated heterocycles. The molecule has 0 aromatic carbocycles. The Balaban J connectivity index is 2.09. The summed E-state index contributed by atoms with van der Waals surface area (Å²) in [5, 5.41) is 12.1. The van der Waals surface area contributed by atoms with Gasteiger partial charge in [-0.25, -0.2) is 4.79 Å². The van der Waals surface area contributed by atoms with Gasteiger partial charge in [-0.05, 0) is 31.9 Å². The number of aryl methyl sites for hydroxylation is 1. The number of fused-ring (bicyclic) bond motifs is 1. The molecule has 36 heavy (non-hydrogen) atoms. The molecular weight excluding hydrogens is 460 g/mol. The van der Waals surface area contributed by atoms with Crippen molar-refractivity contribution >= 4 is 22.8 Å². The molecule has 0 bridgehead atoms. The lowest BCUT2D eigenvalue weighted by Gasteiger charge is -2.33. The highest BCUT2D eigenvalue weighted by molar-refractivity contribution is 6.11. The van der Waals surface area contributed by atoms with Crippen LogP contribution in [-0.2, 0) is 20.1 Å². The fourth-order valence-corrected chi connectivity index (χ4v) is 4.76. The Morgan fingerprint density at radius 3 is 2.75 bits per heavy atom. The highest BCUT2D eigenvalue weighted by Gasteiger charge is 2.32. The number of piperidine rings is 1. The van der Waals surface area contributed by atoms with E-state index >= 15 is 0 Å². The van der Waals surface area contributed by atoms with E-state index in [1.165, 1.54) is 24.9 Å². The molecule has 3 N–H and O–H groups in total. The largest absolute Gasteiger partial charge is 0.356 e. The van der Waals surface area contributed by atoms with Gasteiger partial charge in [-0.15, -0.1) is 5.92 Å². The molecule has 0 aliphatic carbocycles. The molecule has 186 valence electrons. The second kappa shape index (κ2) is 10.1. The number of aromatic nitrogens is 4. The fourth-order valence-electron chi connectivity index (χ4n) is 4.76. The van der Waals surface area contributed by atoms with E-state index in [1.807, 2.05) is 11.0 Å². The summed E-state index contributed by atoms with van der Waals surface area (Å²) in [5.74, 6) is 5.95. The molecule has 1 aliphatic rings. The average molecular weight is 489 g/mol. The van der Waals surface area contributed by atoms with E-state index in [4.69, 9.17) is 5.73 Å². The molecule has 11 heteroatoms. The maximum absolute atomic E-state index is 13.9. The van der Waals surface area contributed by atoms with Crippen LogP contribution in [-0.4, -0.2) is 50.8 Å². The lowest BCUT2D eigenvalue weighted by Crippen LogP contribution is -2.44. The van der Waals surface area contributed by atoms with Crippen molar-refractivity contribution in [1.29, 1.82) is 5.26 Å². The minimum atomic E-state index is -0.618. The summed E-state index contributed by atoms with van der Waals surface area (Å²) in [5.41, 5.74) is 6.27. The summed E-state index contributed by atoms with van der Waals surface area (Å²) < 4.78 is 4.05. The highest BCUT2D eigenvalue weighted by Crippen LogP contribution is 2.32. The van der Waals surface area contributed by atoms with Crippen molar-refractivity contribution in [3.63, 3.8) is 0 Å². The van der Waals surface area contributed by atoms with Gasteiger partial charge in [0.2, 0.25) is 0 Å². The van der Waals surface area contributed by atoms with Gasteiger partial charge < -0.3 is 20.5 Å². The first kappa shape index (κ1) is 24.8. The van der Waals surface area contributed by atoms with Crippen molar-refractivity contribution in [3.05, 3.63) is 56.0 Å². The number of carbonyl (C=O) groups excluding carboxylic acids is 1. The number of nitrogens with one attached hydrogen (secondary N) is 1. The van der Waals surface area contributed by atoms with Crippen LogP contribution < -0.4 is 27.2 Å². The molecule has 1 amide bonds. The molecule has 0 spiro atoms. The molecule has 11 nitrogen and oxygen atoms in total. The number of hydrogen-bond acceptors (Lipinski definition) is 7. The molecule has 1 unspecified atom stereocenters. The van der Waals surface area contributed by atoms with E-state index in [0.29, 0.717) is 24.6 Å². The third kappa shape index (κ3) is 4.14. The second-order valence-electron chi connectivity index (χ2n) is 8.68. The number of carbonyl (C=O) groups is 1. The van der Waals surface area contributed by atoms with Crippen LogP contribution in [0.1, 0.15) is 41.4 Å². The number of hydrogen-bond donors (Lipinski definition) is 2. The molecule has 0 radical (unpaired) electrons. The van der Waals surface area contributed by atoms with Crippen LogP contribution in [0.4, 0.5) is 5.82 Å². The molecule has 3 aromatic rings. The predicted octanol–water partition coefficient (Wildman–Crippen LogP) is 0.127. The Morgan fingerprint density at radius 1 is 1.31 bits per heavy atom. The lowest BCUT2D eigenvalue weighted by molar-refractivity contribution is 0.0964. The Labute approximate surface area is 207 Å². The number of anilines is 1. The Bertz CT molecular complexity index is 1560. The lowest BCUT2D eigenvalue weighted by atomic mass is 10.1. The minimum absolute atomic E-state index is 0.0888. The zero-order chi connectivity index (χ0) is 26.0. The normalized spacial score (nSPS) is 15.3. The number of amides is 1. The van der Waals surface area contributed by atoms with Crippen molar-refractivity contribution in [2.24, 2.45) is 12.8 Å². The van der Waals surface area contributed by atoms with Crippen LogP contribution in [0.25, 0.3) is 11.0 Å². The van der Waals surface area contributed by atoms with Gasteiger partial charge >= 0.3 is 5.69 Å². The van der Waals surface area contributed by atoms with E-state index in [2.05, 4.69) is 22.1 Å². The minimum Gasteiger partial charge on any atom is -0.356 e. The number of nitriles is 1. The quantitative estimate of drug-likeness (QED) is 0.486. The zero-order valence-electron chi connectivity index (χ0n) is 20.5. The SMILES string of the molecule is CC#CCn1c(N2CCCC(N)C2)c(C(=O)NC)c2c1c(=O)n(Cc1ncccc1C#N)c(=O)n2C. The van der Waals surface area contributed by atoms with E-state index in [9.17, 15) is 19.6 Å². The Hall–Kier alpha value is -4.35. The summed E-state index contributed by atoms with van der Waals surface area (Å²) in [7, 11) is 3.03. The molecule has 4 rings (SSSR count). The van der Waals surface area contributed by atoms with Crippen LogP contribution in [0.2, 0.25) is 0 Å². The van der Waals surface area contributed by atoms with E-state index < -0.39 is 17.2 Å². The maximum atomic E-state index is 13.9. The Kier molecular flexibility index (Phi) is 6.95. The van der Waals surface area contributed by atoms with E-state index in [1.54, 1.807) is 23.6 Å². The smallest absolute Gasteiger partial charge is 0.331 e. The maximum Gasteiger partial charge on any atom is 0.331 e. The second-order valence-corrected chi connectivity index (χ2v) is 8.68. The predicted molar refractivity (Wildman–Crippen MR) is 136 cm³/mol. The van der Waals surface area contributed by atoms with Crippen molar-refractivity contribution < 1.29 is 4.79 Å². The van der Waals surface area contributed by atoms with E-state index in [-0.39, 0.29) is 41.3 Å². The number of nitrogens with zero attached hydrogens (tertiary/aromatic N) is 6. The van der Waals surface area contributed by atoms with E-state index in [0.717, 1.165) is 17.4 Å². The van der Waals surface area contributed by atoms with Crippen LogP contribution in [0.15, 0.2) is 27.9 Å². The summed E-state index contributed by atoms with van der Waals surface area (Å²) in [6.07, 6.45) is 3.19. The van der Waals surface area contributed by atoms with Gasteiger partial charge in [0, 0.05) is 39.4 Å². The highest BCUT2D eigenvalue weighted by atomic mass is 16.2. The first-order chi connectivity index (χ1) is 17.3. The average Bonchev–Trinajstić information content (AvgIpc) is 3.23. The first-order valence-corrected chi connectivity index (χ1v) is 11.7. The molecule has 1 aliphatic heterocycles. The Morgan fingerprint density at radius 2 is 2.08 bits per heavy atom. The number of nitrogens with two attached hydrogens (primary N) is 1.